The quantitative estimate of drug-likeness (QED) is 0.614. The van der Waals surface area contributed by atoms with Gasteiger partial charge in [-0.25, -0.2) is 13.6 Å². The van der Waals surface area contributed by atoms with Crippen molar-refractivity contribution >= 4 is 11.6 Å². The van der Waals surface area contributed by atoms with E-state index in [1.165, 1.54) is 24.3 Å². The summed E-state index contributed by atoms with van der Waals surface area (Å²) < 4.78 is 32.6. The van der Waals surface area contributed by atoms with Crippen molar-refractivity contribution in [3.05, 3.63) is 77.3 Å². The molecule has 1 aliphatic heterocycles. The van der Waals surface area contributed by atoms with E-state index in [2.05, 4.69) is 15.5 Å². The van der Waals surface area contributed by atoms with Gasteiger partial charge in [0.15, 0.2) is 0 Å². The fraction of sp³-hybridized carbons (Fsp3) is 0.261. The maximum atomic E-state index is 13.6. The summed E-state index contributed by atoms with van der Waals surface area (Å²) in [5.74, 6) is -0.105. The van der Waals surface area contributed by atoms with Gasteiger partial charge in [-0.15, -0.1) is 0 Å². The number of allylic oxidation sites excluding steroid dienone is 1. The van der Waals surface area contributed by atoms with Gasteiger partial charge in [0.25, 0.3) is 5.89 Å². The van der Waals surface area contributed by atoms with E-state index in [0.717, 1.165) is 0 Å². The van der Waals surface area contributed by atoms with Crippen LogP contribution < -0.4 is 5.32 Å². The third-order valence-electron chi connectivity index (χ3n) is 5.09. The Morgan fingerprint density at radius 1 is 1.13 bits per heavy atom. The van der Waals surface area contributed by atoms with E-state index in [1.54, 1.807) is 29.2 Å². The normalized spacial score (nSPS) is 16.8. The largest absolute Gasteiger partial charge is 0.334 e. The van der Waals surface area contributed by atoms with E-state index in [1.807, 2.05) is 20.8 Å². The van der Waals surface area contributed by atoms with Crippen LogP contribution in [0, 0.1) is 17.6 Å². The van der Waals surface area contributed by atoms with Crippen molar-refractivity contribution < 1.29 is 18.1 Å². The van der Waals surface area contributed by atoms with Crippen LogP contribution in [0.3, 0.4) is 0 Å². The lowest BCUT2D eigenvalue weighted by Crippen LogP contribution is -2.47. The summed E-state index contributed by atoms with van der Waals surface area (Å²) in [5, 5.41) is 6.97. The Morgan fingerprint density at radius 3 is 2.55 bits per heavy atom. The molecule has 160 valence electrons. The molecule has 1 N–H and O–H groups in total. The van der Waals surface area contributed by atoms with E-state index >= 15 is 0 Å². The molecule has 3 aromatic rings. The summed E-state index contributed by atoms with van der Waals surface area (Å²) >= 11 is 0. The van der Waals surface area contributed by atoms with Crippen LogP contribution in [0.5, 0.6) is 0 Å². The second-order valence-electron chi connectivity index (χ2n) is 7.87. The predicted molar refractivity (Wildman–Crippen MR) is 112 cm³/mol. The van der Waals surface area contributed by atoms with Crippen LogP contribution in [-0.2, 0) is 0 Å². The Hall–Kier alpha value is -3.55. The van der Waals surface area contributed by atoms with E-state index in [4.69, 9.17) is 4.52 Å². The lowest BCUT2D eigenvalue weighted by molar-refractivity contribution is 0.199. The van der Waals surface area contributed by atoms with Gasteiger partial charge in [0, 0.05) is 17.8 Å². The Bertz CT molecular complexity index is 1140. The number of nitrogens with zero attached hydrogens (tertiary/aromatic N) is 3. The molecule has 0 spiro atoms. The Balaban J connectivity index is 1.82. The second-order valence-corrected chi connectivity index (χ2v) is 7.87. The highest BCUT2D eigenvalue weighted by atomic mass is 19.1. The molecule has 0 saturated carbocycles. The molecular formula is C23H22F2N4O2. The number of hydrogen-bond donors (Lipinski definition) is 1. The van der Waals surface area contributed by atoms with Crippen molar-refractivity contribution in [2.75, 3.05) is 6.54 Å². The second kappa shape index (κ2) is 8.29. The summed E-state index contributed by atoms with van der Waals surface area (Å²) in [4.78, 5) is 18.9. The molecule has 31 heavy (non-hydrogen) atoms. The lowest BCUT2D eigenvalue weighted by atomic mass is 9.94. The van der Waals surface area contributed by atoms with Crippen molar-refractivity contribution in [3.8, 4) is 11.4 Å². The van der Waals surface area contributed by atoms with Crippen LogP contribution in [-0.4, -0.2) is 27.6 Å². The van der Waals surface area contributed by atoms with Crippen LogP contribution in [0.15, 0.2) is 58.8 Å². The van der Waals surface area contributed by atoms with Gasteiger partial charge in [0.2, 0.25) is 5.82 Å². The Kier molecular flexibility index (Phi) is 5.54. The molecule has 2 heterocycles. The molecule has 1 aromatic heterocycles. The molecule has 0 saturated heterocycles. The molecule has 4 rings (SSSR count). The summed E-state index contributed by atoms with van der Waals surface area (Å²) in [7, 11) is 0. The number of urea groups is 1. The first kappa shape index (κ1) is 20.7. The Labute approximate surface area is 178 Å². The molecule has 0 bridgehead atoms. The van der Waals surface area contributed by atoms with Gasteiger partial charge >= 0.3 is 6.03 Å². The minimum atomic E-state index is -0.600. The first-order valence-electron chi connectivity index (χ1n) is 9.97. The highest BCUT2D eigenvalue weighted by molar-refractivity contribution is 5.86. The molecule has 6 nitrogen and oxygen atoms in total. The molecule has 2 amide bonds. The summed E-state index contributed by atoms with van der Waals surface area (Å²) in [6.45, 7) is 6.35. The zero-order chi connectivity index (χ0) is 22.1. The number of halogens is 2. The van der Waals surface area contributed by atoms with Crippen molar-refractivity contribution in [3.63, 3.8) is 0 Å². The molecule has 0 radical (unpaired) electrons. The standard InChI is InChI=1S/C23H22F2N4O2/c1-13(2)12-29-14(3)19(20(26-23(29)30)15-7-9-17(24)10-8-15)22-27-21(28-31-22)16-5-4-6-18(25)11-16/h4-11,13,20H,12H2,1-3H3,(H,26,30). The van der Waals surface area contributed by atoms with Gasteiger partial charge in [0.05, 0.1) is 11.6 Å². The van der Waals surface area contributed by atoms with Crippen LogP contribution in [0.1, 0.15) is 38.3 Å². The van der Waals surface area contributed by atoms with Crippen LogP contribution in [0.25, 0.3) is 17.0 Å². The molecule has 1 unspecified atom stereocenters. The van der Waals surface area contributed by atoms with Crippen molar-refractivity contribution in [1.29, 1.82) is 0 Å². The lowest BCUT2D eigenvalue weighted by Gasteiger charge is -2.36. The number of nitrogens with one attached hydrogen (secondary N) is 1. The topological polar surface area (TPSA) is 71.3 Å². The Morgan fingerprint density at radius 2 is 1.87 bits per heavy atom. The SMILES string of the molecule is CC1=C(c2nc(-c3cccc(F)c3)no2)C(c2ccc(F)cc2)NC(=O)N1CC(C)C. The number of amides is 2. The first-order chi connectivity index (χ1) is 14.8. The van der Waals surface area contributed by atoms with Gasteiger partial charge < -0.3 is 9.84 Å². The van der Waals surface area contributed by atoms with Crippen LogP contribution >= 0.6 is 0 Å². The number of benzene rings is 2. The number of aromatic nitrogens is 2. The maximum Gasteiger partial charge on any atom is 0.322 e. The van der Waals surface area contributed by atoms with Gasteiger partial charge in [-0.05, 0) is 42.7 Å². The first-order valence-corrected chi connectivity index (χ1v) is 9.97. The predicted octanol–water partition coefficient (Wildman–Crippen LogP) is 5.17. The summed E-state index contributed by atoms with van der Waals surface area (Å²) in [5.41, 5.74) is 2.44. The monoisotopic (exact) mass is 424 g/mol. The van der Waals surface area contributed by atoms with Crippen molar-refractivity contribution in [2.24, 2.45) is 5.92 Å². The van der Waals surface area contributed by atoms with Crippen molar-refractivity contribution in [2.45, 2.75) is 26.8 Å². The summed E-state index contributed by atoms with van der Waals surface area (Å²) in [6.07, 6.45) is 0. The highest BCUT2D eigenvalue weighted by Gasteiger charge is 2.35. The molecule has 2 aromatic carbocycles. The van der Waals surface area contributed by atoms with Crippen LogP contribution in [0.4, 0.5) is 13.6 Å². The fourth-order valence-corrected chi connectivity index (χ4v) is 3.63. The van der Waals surface area contributed by atoms with Gasteiger partial charge in [0.1, 0.15) is 11.6 Å². The average molecular weight is 424 g/mol. The van der Waals surface area contributed by atoms with E-state index in [0.29, 0.717) is 28.9 Å². The molecule has 1 atom stereocenters. The smallest absolute Gasteiger partial charge is 0.322 e. The molecular weight excluding hydrogens is 402 g/mol. The maximum absolute atomic E-state index is 13.6. The van der Waals surface area contributed by atoms with Crippen molar-refractivity contribution in [1.82, 2.24) is 20.4 Å². The molecule has 8 heteroatoms. The summed E-state index contributed by atoms with van der Waals surface area (Å²) in [6, 6.07) is 10.9. The van der Waals surface area contributed by atoms with Gasteiger partial charge in [-0.3, -0.25) is 4.90 Å². The average Bonchev–Trinajstić information content (AvgIpc) is 3.21. The number of carbonyl (C=O) groups excluding carboxylic acids is 1. The van der Waals surface area contributed by atoms with E-state index < -0.39 is 11.9 Å². The number of carbonyl (C=O) groups is 1. The molecule has 1 aliphatic rings. The number of rotatable bonds is 5. The zero-order valence-electron chi connectivity index (χ0n) is 17.4. The number of hydrogen-bond acceptors (Lipinski definition) is 4. The third-order valence-corrected chi connectivity index (χ3v) is 5.09. The van der Waals surface area contributed by atoms with E-state index in [-0.39, 0.29) is 29.5 Å². The van der Waals surface area contributed by atoms with Gasteiger partial charge in [-0.2, -0.15) is 4.98 Å². The van der Waals surface area contributed by atoms with E-state index in [9.17, 15) is 13.6 Å². The fourth-order valence-electron chi connectivity index (χ4n) is 3.63. The van der Waals surface area contributed by atoms with Crippen LogP contribution in [0.2, 0.25) is 0 Å². The van der Waals surface area contributed by atoms with Gasteiger partial charge in [-0.1, -0.05) is 43.3 Å². The minimum Gasteiger partial charge on any atom is -0.334 e. The third kappa shape index (κ3) is 4.19. The molecule has 0 fully saturated rings. The molecule has 0 aliphatic carbocycles. The highest BCUT2D eigenvalue weighted by Crippen LogP contribution is 2.37. The minimum absolute atomic E-state index is 0.208. The zero-order valence-corrected chi connectivity index (χ0v) is 17.4.